The van der Waals surface area contributed by atoms with Crippen LogP contribution in [-0.4, -0.2) is 24.7 Å². The van der Waals surface area contributed by atoms with Crippen LogP contribution in [0.1, 0.15) is 60.8 Å². The minimum absolute atomic E-state index is 0.120. The second kappa shape index (κ2) is 7.78. The molecule has 18 heavy (non-hydrogen) atoms. The van der Waals surface area contributed by atoms with Gasteiger partial charge in [0.2, 0.25) is 0 Å². The molecule has 0 aliphatic rings. The second-order valence-corrected chi connectivity index (χ2v) is 6.22. The van der Waals surface area contributed by atoms with Crippen molar-refractivity contribution in [3.63, 3.8) is 0 Å². The van der Waals surface area contributed by atoms with E-state index < -0.39 is 5.54 Å². The van der Waals surface area contributed by atoms with Crippen LogP contribution in [0.15, 0.2) is 0 Å². The summed E-state index contributed by atoms with van der Waals surface area (Å²) in [5.74, 6) is 0.795. The molecule has 0 aromatic rings. The van der Waals surface area contributed by atoms with Crippen molar-refractivity contribution in [2.24, 2.45) is 11.8 Å². The molecule has 0 amide bonds. The van der Waals surface area contributed by atoms with Gasteiger partial charge in [0.1, 0.15) is 5.54 Å². The van der Waals surface area contributed by atoms with E-state index in [-0.39, 0.29) is 5.97 Å². The summed E-state index contributed by atoms with van der Waals surface area (Å²) >= 11 is 0. The molecular formula is C15H31NO2. The van der Waals surface area contributed by atoms with Crippen LogP contribution in [0, 0.1) is 11.8 Å². The Labute approximate surface area is 113 Å². The Balaban J connectivity index is 5.17. The van der Waals surface area contributed by atoms with E-state index in [1.165, 1.54) is 7.11 Å². The lowest BCUT2D eigenvalue weighted by atomic mass is 9.81. The molecule has 3 heteroatoms. The van der Waals surface area contributed by atoms with Crippen molar-refractivity contribution in [2.45, 2.75) is 72.4 Å². The first-order chi connectivity index (χ1) is 8.27. The SMILES string of the molecule is CCC(C)NC(CC(C)C)(CC(C)C)C(=O)OC. The fraction of sp³-hybridized carbons (Fsp3) is 0.933. The highest BCUT2D eigenvalue weighted by molar-refractivity contribution is 5.80. The number of carbonyl (C=O) groups is 1. The van der Waals surface area contributed by atoms with Crippen molar-refractivity contribution >= 4 is 5.97 Å². The molecule has 0 aliphatic heterocycles. The van der Waals surface area contributed by atoms with Gasteiger partial charge in [-0.2, -0.15) is 0 Å². The van der Waals surface area contributed by atoms with Crippen LogP contribution in [0.2, 0.25) is 0 Å². The highest BCUT2D eigenvalue weighted by Crippen LogP contribution is 2.27. The molecule has 0 saturated carbocycles. The van der Waals surface area contributed by atoms with Crippen molar-refractivity contribution in [2.75, 3.05) is 7.11 Å². The summed E-state index contributed by atoms with van der Waals surface area (Å²) in [6, 6.07) is 0.321. The first-order valence-corrected chi connectivity index (χ1v) is 7.13. The second-order valence-electron chi connectivity index (χ2n) is 6.22. The van der Waals surface area contributed by atoms with E-state index in [0.717, 1.165) is 19.3 Å². The van der Waals surface area contributed by atoms with Gasteiger partial charge in [-0.1, -0.05) is 34.6 Å². The Morgan fingerprint density at radius 1 is 1.11 bits per heavy atom. The quantitative estimate of drug-likeness (QED) is 0.677. The van der Waals surface area contributed by atoms with Gasteiger partial charge in [-0.3, -0.25) is 10.1 Å². The minimum Gasteiger partial charge on any atom is -0.468 e. The number of carbonyl (C=O) groups excluding carboxylic acids is 1. The molecule has 1 N–H and O–H groups in total. The number of hydrogen-bond acceptors (Lipinski definition) is 3. The summed E-state index contributed by atoms with van der Waals surface area (Å²) in [6.45, 7) is 12.8. The maximum atomic E-state index is 12.3. The van der Waals surface area contributed by atoms with Gasteiger partial charge in [-0.05, 0) is 38.0 Å². The van der Waals surface area contributed by atoms with Gasteiger partial charge < -0.3 is 4.74 Å². The molecule has 3 nitrogen and oxygen atoms in total. The fourth-order valence-corrected chi connectivity index (χ4v) is 2.59. The van der Waals surface area contributed by atoms with E-state index in [0.29, 0.717) is 17.9 Å². The third kappa shape index (κ3) is 5.38. The molecule has 0 heterocycles. The van der Waals surface area contributed by atoms with Gasteiger partial charge in [0.25, 0.3) is 0 Å². The molecule has 108 valence electrons. The van der Waals surface area contributed by atoms with E-state index in [1.54, 1.807) is 0 Å². The summed E-state index contributed by atoms with van der Waals surface area (Å²) in [5, 5.41) is 3.52. The number of hydrogen-bond donors (Lipinski definition) is 1. The molecule has 0 fully saturated rings. The monoisotopic (exact) mass is 257 g/mol. The molecule has 0 spiro atoms. The maximum absolute atomic E-state index is 12.3. The molecule has 1 atom stereocenters. The van der Waals surface area contributed by atoms with Gasteiger partial charge in [0.05, 0.1) is 7.11 Å². The van der Waals surface area contributed by atoms with E-state index in [2.05, 4.69) is 46.9 Å². The predicted octanol–water partition coefficient (Wildman–Crippen LogP) is 3.38. The molecule has 0 aromatic heterocycles. The Kier molecular flexibility index (Phi) is 7.53. The van der Waals surface area contributed by atoms with Crippen LogP contribution in [0.25, 0.3) is 0 Å². The van der Waals surface area contributed by atoms with Crippen molar-refractivity contribution in [3.8, 4) is 0 Å². The van der Waals surface area contributed by atoms with Crippen LogP contribution in [-0.2, 0) is 9.53 Å². The largest absolute Gasteiger partial charge is 0.468 e. The molecule has 0 rings (SSSR count). The van der Waals surface area contributed by atoms with Crippen LogP contribution >= 0.6 is 0 Å². The number of esters is 1. The number of nitrogens with one attached hydrogen (secondary N) is 1. The van der Waals surface area contributed by atoms with Gasteiger partial charge >= 0.3 is 5.97 Å². The lowest BCUT2D eigenvalue weighted by Crippen LogP contribution is -2.57. The molecule has 1 unspecified atom stereocenters. The van der Waals surface area contributed by atoms with E-state index in [1.807, 2.05) is 0 Å². The summed E-state index contributed by atoms with van der Waals surface area (Å²) in [5.41, 5.74) is -0.535. The van der Waals surface area contributed by atoms with Gasteiger partial charge in [-0.15, -0.1) is 0 Å². The Morgan fingerprint density at radius 2 is 1.56 bits per heavy atom. The zero-order valence-electron chi connectivity index (χ0n) is 13.2. The van der Waals surface area contributed by atoms with Gasteiger partial charge in [0, 0.05) is 6.04 Å². The smallest absolute Gasteiger partial charge is 0.326 e. The molecule has 0 aliphatic carbocycles. The van der Waals surface area contributed by atoms with Crippen LogP contribution in [0.5, 0.6) is 0 Å². The van der Waals surface area contributed by atoms with Crippen molar-refractivity contribution in [1.29, 1.82) is 0 Å². The Bertz CT molecular complexity index is 239. The molecule has 0 bridgehead atoms. The fourth-order valence-electron chi connectivity index (χ4n) is 2.59. The normalized spacial score (nSPS) is 14.1. The average molecular weight is 257 g/mol. The van der Waals surface area contributed by atoms with Gasteiger partial charge in [0.15, 0.2) is 0 Å². The molecule has 0 aromatic carbocycles. The lowest BCUT2D eigenvalue weighted by Gasteiger charge is -2.37. The Morgan fingerprint density at radius 3 is 1.83 bits per heavy atom. The lowest BCUT2D eigenvalue weighted by molar-refractivity contribution is -0.150. The van der Waals surface area contributed by atoms with Crippen LogP contribution < -0.4 is 5.32 Å². The molecular weight excluding hydrogens is 226 g/mol. The number of methoxy groups -OCH3 is 1. The van der Waals surface area contributed by atoms with Crippen molar-refractivity contribution in [1.82, 2.24) is 5.32 Å². The first-order valence-electron chi connectivity index (χ1n) is 7.13. The highest BCUT2D eigenvalue weighted by atomic mass is 16.5. The summed E-state index contributed by atoms with van der Waals surface area (Å²) in [6.07, 6.45) is 2.65. The van der Waals surface area contributed by atoms with Crippen molar-refractivity contribution in [3.05, 3.63) is 0 Å². The summed E-state index contributed by atoms with van der Waals surface area (Å²) < 4.78 is 5.06. The standard InChI is InChI=1S/C15H31NO2/c1-8-13(6)16-15(9-11(2)3,10-12(4)5)14(17)18-7/h11-13,16H,8-10H2,1-7H3. The predicted molar refractivity (Wildman–Crippen MR) is 76.5 cm³/mol. The molecule has 0 radical (unpaired) electrons. The first kappa shape index (κ1) is 17.4. The van der Waals surface area contributed by atoms with E-state index in [9.17, 15) is 4.79 Å². The van der Waals surface area contributed by atoms with Crippen molar-refractivity contribution < 1.29 is 9.53 Å². The minimum atomic E-state index is -0.535. The topological polar surface area (TPSA) is 38.3 Å². The summed E-state index contributed by atoms with van der Waals surface area (Å²) in [7, 11) is 1.48. The van der Waals surface area contributed by atoms with Crippen LogP contribution in [0.3, 0.4) is 0 Å². The number of ether oxygens (including phenoxy) is 1. The number of rotatable bonds is 8. The molecule has 0 saturated heterocycles. The zero-order chi connectivity index (χ0) is 14.3. The maximum Gasteiger partial charge on any atom is 0.326 e. The highest BCUT2D eigenvalue weighted by Gasteiger charge is 2.41. The van der Waals surface area contributed by atoms with Crippen LogP contribution in [0.4, 0.5) is 0 Å². The van der Waals surface area contributed by atoms with E-state index in [4.69, 9.17) is 4.74 Å². The third-order valence-corrected chi connectivity index (χ3v) is 3.22. The zero-order valence-corrected chi connectivity index (χ0v) is 13.2. The van der Waals surface area contributed by atoms with Gasteiger partial charge in [-0.25, -0.2) is 0 Å². The third-order valence-electron chi connectivity index (χ3n) is 3.22. The van der Waals surface area contributed by atoms with E-state index >= 15 is 0 Å². The average Bonchev–Trinajstić information content (AvgIpc) is 2.25. The summed E-state index contributed by atoms with van der Waals surface area (Å²) in [4.78, 5) is 12.3. The Hall–Kier alpha value is -0.570.